The van der Waals surface area contributed by atoms with Crippen LogP contribution in [0.25, 0.3) is 0 Å². The van der Waals surface area contributed by atoms with Crippen molar-refractivity contribution in [2.45, 2.75) is 26.8 Å². The average Bonchev–Trinajstić information content (AvgIpc) is 2.69. The van der Waals surface area contributed by atoms with Crippen molar-refractivity contribution in [2.75, 3.05) is 6.54 Å². The van der Waals surface area contributed by atoms with E-state index >= 15 is 0 Å². The molecule has 1 aromatic heterocycles. The van der Waals surface area contributed by atoms with Crippen LogP contribution in [0, 0.1) is 13.8 Å². The Morgan fingerprint density at radius 3 is 2.44 bits per heavy atom. The van der Waals surface area contributed by atoms with Gasteiger partial charge in [0.15, 0.2) is 0 Å². The normalized spacial score (nSPS) is 10.8. The lowest BCUT2D eigenvalue weighted by Crippen LogP contribution is -2.16. The summed E-state index contributed by atoms with van der Waals surface area (Å²) in [6, 6.07) is 11.0. The predicted octanol–water partition coefficient (Wildman–Crippen LogP) is 4.46. The van der Waals surface area contributed by atoms with Gasteiger partial charge in [0.25, 0.3) is 0 Å². The monoisotopic (exact) mass is 323 g/mol. The van der Waals surface area contributed by atoms with Gasteiger partial charge in [-0.25, -0.2) is 0 Å². The lowest BCUT2D eigenvalue weighted by atomic mass is 10.1. The van der Waals surface area contributed by atoms with E-state index in [4.69, 9.17) is 0 Å². The molecule has 18 heavy (non-hydrogen) atoms. The SMILES string of the molecule is Cc1cc(C)cc(CNCCc2ccc(Br)s2)c1. The maximum Gasteiger partial charge on any atom is 0.0701 e. The Bertz CT molecular complexity index is 499. The quantitative estimate of drug-likeness (QED) is 0.801. The van der Waals surface area contributed by atoms with E-state index in [0.717, 1.165) is 19.5 Å². The van der Waals surface area contributed by atoms with Gasteiger partial charge in [-0.2, -0.15) is 0 Å². The summed E-state index contributed by atoms with van der Waals surface area (Å²) in [5, 5.41) is 3.51. The molecule has 0 saturated heterocycles. The molecule has 3 heteroatoms. The fourth-order valence-electron chi connectivity index (χ4n) is 2.10. The Labute approximate surface area is 121 Å². The van der Waals surface area contributed by atoms with Crippen molar-refractivity contribution in [1.29, 1.82) is 0 Å². The van der Waals surface area contributed by atoms with Gasteiger partial charge in [-0.1, -0.05) is 29.3 Å². The van der Waals surface area contributed by atoms with Crippen LogP contribution in [0.15, 0.2) is 34.1 Å². The molecule has 1 aromatic carbocycles. The summed E-state index contributed by atoms with van der Waals surface area (Å²) < 4.78 is 1.21. The summed E-state index contributed by atoms with van der Waals surface area (Å²) in [7, 11) is 0. The second-order valence-electron chi connectivity index (χ2n) is 4.63. The number of benzene rings is 1. The minimum atomic E-state index is 0.953. The number of rotatable bonds is 5. The first-order chi connectivity index (χ1) is 8.63. The highest BCUT2D eigenvalue weighted by Crippen LogP contribution is 2.22. The van der Waals surface area contributed by atoms with E-state index in [1.807, 2.05) is 11.3 Å². The number of hydrogen-bond acceptors (Lipinski definition) is 2. The third-order valence-electron chi connectivity index (χ3n) is 2.79. The van der Waals surface area contributed by atoms with Crippen molar-refractivity contribution in [2.24, 2.45) is 0 Å². The van der Waals surface area contributed by atoms with Crippen molar-refractivity contribution in [3.63, 3.8) is 0 Å². The second-order valence-corrected chi connectivity index (χ2v) is 7.18. The van der Waals surface area contributed by atoms with Gasteiger partial charge in [-0.05, 0) is 53.9 Å². The maximum atomic E-state index is 3.51. The molecule has 1 N–H and O–H groups in total. The molecule has 2 rings (SSSR count). The summed E-state index contributed by atoms with van der Waals surface area (Å²) in [6.45, 7) is 6.29. The van der Waals surface area contributed by atoms with Gasteiger partial charge in [0.1, 0.15) is 0 Å². The largest absolute Gasteiger partial charge is 0.312 e. The van der Waals surface area contributed by atoms with Gasteiger partial charge in [0.05, 0.1) is 3.79 Å². The van der Waals surface area contributed by atoms with Crippen molar-refractivity contribution in [3.8, 4) is 0 Å². The summed E-state index contributed by atoms with van der Waals surface area (Å²) in [5.74, 6) is 0. The van der Waals surface area contributed by atoms with Crippen LogP contribution in [0.2, 0.25) is 0 Å². The molecule has 0 aliphatic heterocycles. The van der Waals surface area contributed by atoms with Gasteiger partial charge >= 0.3 is 0 Å². The Kier molecular flexibility index (Phi) is 4.98. The Morgan fingerprint density at radius 1 is 1.11 bits per heavy atom. The molecule has 0 aliphatic carbocycles. The fourth-order valence-corrected chi connectivity index (χ4v) is 3.58. The highest BCUT2D eigenvalue weighted by atomic mass is 79.9. The fraction of sp³-hybridized carbons (Fsp3) is 0.333. The average molecular weight is 324 g/mol. The molecule has 0 atom stereocenters. The summed E-state index contributed by atoms with van der Waals surface area (Å²) in [4.78, 5) is 1.43. The lowest BCUT2D eigenvalue weighted by Gasteiger charge is -2.06. The minimum absolute atomic E-state index is 0.953. The molecular formula is C15H18BrNS. The summed E-state index contributed by atoms with van der Waals surface area (Å²) >= 11 is 5.31. The van der Waals surface area contributed by atoms with Crippen molar-refractivity contribution < 1.29 is 0 Å². The highest BCUT2D eigenvalue weighted by Gasteiger charge is 1.99. The topological polar surface area (TPSA) is 12.0 Å². The zero-order chi connectivity index (χ0) is 13.0. The molecule has 0 saturated carbocycles. The van der Waals surface area contributed by atoms with Crippen molar-refractivity contribution in [1.82, 2.24) is 5.32 Å². The van der Waals surface area contributed by atoms with E-state index in [1.165, 1.54) is 25.4 Å². The predicted molar refractivity (Wildman–Crippen MR) is 83.3 cm³/mol. The van der Waals surface area contributed by atoms with E-state index < -0.39 is 0 Å². The standard InChI is InChI=1S/C15H18BrNS/c1-11-7-12(2)9-13(8-11)10-17-6-5-14-3-4-15(16)18-14/h3-4,7-9,17H,5-6,10H2,1-2H3. The van der Waals surface area contributed by atoms with Crippen LogP contribution in [-0.4, -0.2) is 6.54 Å². The molecule has 2 aromatic rings. The molecule has 0 aliphatic rings. The summed E-state index contributed by atoms with van der Waals surface area (Å²) in [6.07, 6.45) is 1.10. The molecule has 96 valence electrons. The zero-order valence-electron chi connectivity index (χ0n) is 10.8. The molecule has 0 fully saturated rings. The number of aryl methyl sites for hydroxylation is 2. The number of halogens is 1. The Morgan fingerprint density at radius 2 is 1.83 bits per heavy atom. The molecular weight excluding hydrogens is 306 g/mol. The van der Waals surface area contributed by atoms with Crippen LogP contribution in [-0.2, 0) is 13.0 Å². The molecule has 0 unspecified atom stereocenters. The Balaban J connectivity index is 1.78. The van der Waals surface area contributed by atoms with E-state index in [-0.39, 0.29) is 0 Å². The van der Waals surface area contributed by atoms with Gasteiger partial charge in [-0.3, -0.25) is 0 Å². The number of thiophene rings is 1. The number of nitrogens with one attached hydrogen (secondary N) is 1. The number of hydrogen-bond donors (Lipinski definition) is 1. The zero-order valence-corrected chi connectivity index (χ0v) is 13.2. The van der Waals surface area contributed by atoms with E-state index in [9.17, 15) is 0 Å². The summed E-state index contributed by atoms with van der Waals surface area (Å²) in [5.41, 5.74) is 4.06. The first-order valence-electron chi connectivity index (χ1n) is 6.15. The smallest absolute Gasteiger partial charge is 0.0701 e. The molecule has 0 radical (unpaired) electrons. The van der Waals surface area contributed by atoms with Crippen LogP contribution in [0.3, 0.4) is 0 Å². The highest BCUT2D eigenvalue weighted by molar-refractivity contribution is 9.11. The first-order valence-corrected chi connectivity index (χ1v) is 7.76. The molecule has 0 bridgehead atoms. The van der Waals surface area contributed by atoms with Gasteiger partial charge in [-0.15, -0.1) is 11.3 Å². The van der Waals surface area contributed by atoms with E-state index in [1.54, 1.807) is 0 Å². The second kappa shape index (κ2) is 6.50. The van der Waals surface area contributed by atoms with Crippen LogP contribution >= 0.6 is 27.3 Å². The first kappa shape index (κ1) is 13.8. The van der Waals surface area contributed by atoms with Crippen LogP contribution in [0.5, 0.6) is 0 Å². The van der Waals surface area contributed by atoms with Gasteiger partial charge in [0, 0.05) is 18.0 Å². The molecule has 1 nitrogen and oxygen atoms in total. The van der Waals surface area contributed by atoms with Crippen molar-refractivity contribution >= 4 is 27.3 Å². The third kappa shape index (κ3) is 4.23. The lowest BCUT2D eigenvalue weighted by molar-refractivity contribution is 0.690. The van der Waals surface area contributed by atoms with Crippen LogP contribution in [0.4, 0.5) is 0 Å². The maximum absolute atomic E-state index is 3.51. The van der Waals surface area contributed by atoms with E-state index in [2.05, 4.69) is 65.4 Å². The molecule has 0 amide bonds. The molecule has 0 spiro atoms. The van der Waals surface area contributed by atoms with Crippen LogP contribution < -0.4 is 5.32 Å². The van der Waals surface area contributed by atoms with E-state index in [0.29, 0.717) is 0 Å². The van der Waals surface area contributed by atoms with Gasteiger partial charge < -0.3 is 5.32 Å². The van der Waals surface area contributed by atoms with Gasteiger partial charge in [0.2, 0.25) is 0 Å². The molecule has 1 heterocycles. The third-order valence-corrected chi connectivity index (χ3v) is 4.47. The minimum Gasteiger partial charge on any atom is -0.312 e. The van der Waals surface area contributed by atoms with Crippen molar-refractivity contribution in [3.05, 3.63) is 55.7 Å². The Hall–Kier alpha value is -0.640. The van der Waals surface area contributed by atoms with Crippen LogP contribution in [0.1, 0.15) is 21.6 Å².